The van der Waals surface area contributed by atoms with Gasteiger partial charge in [0.2, 0.25) is 0 Å². The van der Waals surface area contributed by atoms with Crippen molar-refractivity contribution >= 4 is 21.3 Å². The predicted octanol–water partition coefficient (Wildman–Crippen LogP) is 0.584. The monoisotopic (exact) mass is 273 g/mol. The third kappa shape index (κ3) is 3.34. The van der Waals surface area contributed by atoms with E-state index in [1.54, 1.807) is 0 Å². The minimum Gasteiger partial charge on any atom is -0.377 e. The Kier molecular flexibility index (Phi) is 4.51. The van der Waals surface area contributed by atoms with Crippen LogP contribution in [-0.2, 0) is 19.4 Å². The molecule has 0 saturated heterocycles. The molecule has 98 valence electrons. The van der Waals surface area contributed by atoms with Crippen LogP contribution in [0.1, 0.15) is 0 Å². The Balaban J connectivity index is 3.13. The number of ketones is 1. The summed E-state index contributed by atoms with van der Waals surface area (Å²) in [5.41, 5.74) is -0.539. The summed E-state index contributed by atoms with van der Waals surface area (Å²) in [5, 5.41) is 10.7. The number of sulfone groups is 1. The van der Waals surface area contributed by atoms with E-state index in [2.05, 4.69) is 4.74 Å². The molecule has 0 fully saturated rings. The van der Waals surface area contributed by atoms with E-state index in [0.29, 0.717) is 0 Å². The number of nitrogens with zero attached hydrogens (tertiary/aromatic N) is 1. The van der Waals surface area contributed by atoms with Crippen LogP contribution < -0.4 is 0 Å². The number of nitro groups is 1. The normalized spacial score (nSPS) is 11.2. The highest BCUT2D eigenvalue weighted by Crippen LogP contribution is 2.23. The number of nitro benzene ring substituents is 1. The van der Waals surface area contributed by atoms with E-state index in [1.165, 1.54) is 19.2 Å². The zero-order valence-electron chi connectivity index (χ0n) is 9.53. The molecule has 1 aromatic rings. The number of carbonyl (C=O) groups excluding carboxylic acids is 1. The van der Waals surface area contributed by atoms with Crippen LogP contribution in [0, 0.1) is 10.1 Å². The Bertz CT molecular complexity index is 565. The molecule has 7 nitrogen and oxygen atoms in total. The molecule has 0 aliphatic carbocycles. The second-order valence-corrected chi connectivity index (χ2v) is 5.41. The molecule has 0 aromatic heterocycles. The fraction of sp³-hybridized carbons (Fsp3) is 0.300. The topological polar surface area (TPSA) is 104 Å². The van der Waals surface area contributed by atoms with Gasteiger partial charge in [-0.2, -0.15) is 0 Å². The Morgan fingerprint density at radius 1 is 1.39 bits per heavy atom. The van der Waals surface area contributed by atoms with Gasteiger partial charge in [0.05, 0.1) is 4.92 Å². The van der Waals surface area contributed by atoms with Gasteiger partial charge in [-0.1, -0.05) is 12.1 Å². The molecule has 0 atom stereocenters. The van der Waals surface area contributed by atoms with Gasteiger partial charge in [0.25, 0.3) is 5.69 Å². The lowest BCUT2D eigenvalue weighted by molar-refractivity contribution is -0.387. The van der Waals surface area contributed by atoms with E-state index in [9.17, 15) is 23.3 Å². The average Bonchev–Trinajstić information content (AvgIpc) is 2.28. The zero-order valence-corrected chi connectivity index (χ0v) is 10.3. The van der Waals surface area contributed by atoms with Crippen LogP contribution in [0.2, 0.25) is 0 Å². The van der Waals surface area contributed by atoms with Gasteiger partial charge >= 0.3 is 0 Å². The largest absolute Gasteiger partial charge is 0.377 e. The molecule has 18 heavy (non-hydrogen) atoms. The Morgan fingerprint density at radius 3 is 2.56 bits per heavy atom. The van der Waals surface area contributed by atoms with Crippen LogP contribution in [0.3, 0.4) is 0 Å². The molecule has 0 amide bonds. The van der Waals surface area contributed by atoms with Crippen molar-refractivity contribution in [1.29, 1.82) is 0 Å². The van der Waals surface area contributed by atoms with Gasteiger partial charge in [-0.05, 0) is 6.07 Å². The molecule has 0 unspecified atom stereocenters. The second-order valence-electron chi connectivity index (χ2n) is 3.46. The molecule has 8 heteroatoms. The fourth-order valence-corrected chi connectivity index (χ4v) is 2.77. The van der Waals surface area contributed by atoms with Gasteiger partial charge in [-0.25, -0.2) is 8.42 Å². The summed E-state index contributed by atoms with van der Waals surface area (Å²) < 4.78 is 28.2. The smallest absolute Gasteiger partial charge is 0.287 e. The highest BCUT2D eigenvalue weighted by Gasteiger charge is 2.27. The first kappa shape index (κ1) is 14.3. The van der Waals surface area contributed by atoms with Crippen molar-refractivity contribution in [3.8, 4) is 0 Å². The van der Waals surface area contributed by atoms with Gasteiger partial charge in [-0.3, -0.25) is 14.9 Å². The van der Waals surface area contributed by atoms with Crippen molar-refractivity contribution in [2.24, 2.45) is 0 Å². The number of carbonyl (C=O) groups is 1. The number of rotatable bonds is 6. The van der Waals surface area contributed by atoms with Crippen molar-refractivity contribution in [2.75, 3.05) is 19.5 Å². The average molecular weight is 273 g/mol. The SMILES string of the molecule is COCC(=O)CS(=O)(=O)c1ccccc1[N+](=O)[O-]. The molecule has 1 aromatic carbocycles. The van der Waals surface area contributed by atoms with Gasteiger partial charge in [0, 0.05) is 13.2 Å². The minimum absolute atomic E-state index is 0.347. The van der Waals surface area contributed by atoms with Crippen molar-refractivity contribution in [3.63, 3.8) is 0 Å². The Labute approximate surface area is 103 Å². The molecule has 0 saturated carbocycles. The van der Waals surface area contributed by atoms with E-state index < -0.39 is 36.9 Å². The summed E-state index contributed by atoms with van der Waals surface area (Å²) in [6.45, 7) is -0.347. The number of para-hydroxylation sites is 1. The third-order valence-corrected chi connectivity index (χ3v) is 3.77. The second kappa shape index (κ2) is 5.69. The van der Waals surface area contributed by atoms with Crippen molar-refractivity contribution in [2.45, 2.75) is 4.90 Å². The van der Waals surface area contributed by atoms with E-state index in [0.717, 1.165) is 12.1 Å². The lowest BCUT2D eigenvalue weighted by Gasteiger charge is -2.04. The van der Waals surface area contributed by atoms with E-state index >= 15 is 0 Å². The maximum absolute atomic E-state index is 11.9. The van der Waals surface area contributed by atoms with Crippen LogP contribution in [0.4, 0.5) is 5.69 Å². The molecule has 0 N–H and O–H groups in total. The van der Waals surface area contributed by atoms with Gasteiger partial charge in [-0.15, -0.1) is 0 Å². The molecule has 0 radical (unpaired) electrons. The summed E-state index contributed by atoms with van der Waals surface area (Å²) in [7, 11) is -2.77. The molecular weight excluding hydrogens is 262 g/mol. The molecule has 0 aliphatic rings. The lowest BCUT2D eigenvalue weighted by atomic mass is 10.3. The summed E-state index contributed by atoms with van der Waals surface area (Å²) in [4.78, 5) is 20.7. The maximum atomic E-state index is 11.9. The van der Waals surface area contributed by atoms with E-state index in [-0.39, 0.29) is 6.61 Å². The van der Waals surface area contributed by atoms with Crippen LogP contribution in [-0.4, -0.2) is 38.6 Å². The number of methoxy groups -OCH3 is 1. The van der Waals surface area contributed by atoms with Crippen molar-refractivity contribution in [3.05, 3.63) is 34.4 Å². The van der Waals surface area contributed by atoms with Gasteiger partial charge in [0.1, 0.15) is 17.3 Å². The summed E-state index contributed by atoms with van der Waals surface area (Å²) in [5.74, 6) is -1.47. The molecule has 0 spiro atoms. The zero-order chi connectivity index (χ0) is 13.8. The first-order valence-electron chi connectivity index (χ1n) is 4.85. The van der Waals surface area contributed by atoms with E-state index in [4.69, 9.17) is 0 Å². The lowest BCUT2D eigenvalue weighted by Crippen LogP contribution is -2.20. The van der Waals surface area contributed by atoms with Gasteiger partial charge < -0.3 is 4.74 Å². The van der Waals surface area contributed by atoms with Crippen LogP contribution in [0.15, 0.2) is 29.2 Å². The number of Topliss-reactive ketones (excluding diaryl/α,β-unsaturated/α-hetero) is 1. The van der Waals surface area contributed by atoms with Crippen LogP contribution in [0.5, 0.6) is 0 Å². The standard InChI is InChI=1S/C10H11NO6S/c1-17-6-8(12)7-18(15,16)10-5-3-2-4-9(10)11(13)14/h2-5H,6-7H2,1H3. The quantitative estimate of drug-likeness (QED) is 0.555. The summed E-state index contributed by atoms with van der Waals surface area (Å²) in [6.07, 6.45) is 0. The fourth-order valence-electron chi connectivity index (χ4n) is 1.36. The Hall–Kier alpha value is -1.80. The molecular formula is C10H11NO6S. The first-order chi connectivity index (χ1) is 8.38. The van der Waals surface area contributed by atoms with Crippen LogP contribution in [0.25, 0.3) is 0 Å². The minimum atomic E-state index is -4.03. The third-order valence-electron chi connectivity index (χ3n) is 2.05. The van der Waals surface area contributed by atoms with Crippen molar-refractivity contribution in [1.82, 2.24) is 0 Å². The predicted molar refractivity (Wildman–Crippen MR) is 62.0 cm³/mol. The number of hydrogen-bond acceptors (Lipinski definition) is 6. The summed E-state index contributed by atoms with van der Waals surface area (Å²) >= 11 is 0. The first-order valence-corrected chi connectivity index (χ1v) is 6.50. The Morgan fingerprint density at radius 2 is 2.00 bits per heavy atom. The number of benzene rings is 1. The highest BCUT2D eigenvalue weighted by molar-refractivity contribution is 7.92. The molecule has 0 heterocycles. The van der Waals surface area contributed by atoms with Crippen molar-refractivity contribution < 1.29 is 22.9 Å². The van der Waals surface area contributed by atoms with Gasteiger partial charge in [0.15, 0.2) is 15.6 Å². The summed E-state index contributed by atoms with van der Waals surface area (Å²) in [6, 6.07) is 4.90. The molecule has 0 aliphatic heterocycles. The molecule has 0 bridgehead atoms. The van der Waals surface area contributed by atoms with E-state index in [1.807, 2.05) is 0 Å². The number of hydrogen-bond donors (Lipinski definition) is 0. The molecule has 1 rings (SSSR count). The number of ether oxygens (including phenoxy) is 1. The van der Waals surface area contributed by atoms with Crippen LogP contribution >= 0.6 is 0 Å². The highest BCUT2D eigenvalue weighted by atomic mass is 32.2. The maximum Gasteiger partial charge on any atom is 0.287 e.